The first-order chi connectivity index (χ1) is 11.4. The minimum atomic E-state index is -5.81. The quantitative estimate of drug-likeness (QED) is 0.512. The van der Waals surface area contributed by atoms with Crippen LogP contribution in [0.25, 0.3) is 0 Å². The van der Waals surface area contributed by atoms with Gasteiger partial charge in [-0.1, -0.05) is 39.8 Å². The Labute approximate surface area is 146 Å². The molecule has 1 unspecified atom stereocenters. The molecule has 1 aromatic carbocycles. The van der Waals surface area contributed by atoms with Crippen molar-refractivity contribution in [2.75, 3.05) is 6.61 Å². The van der Waals surface area contributed by atoms with Crippen molar-refractivity contribution in [2.24, 2.45) is 0 Å². The van der Waals surface area contributed by atoms with Gasteiger partial charge >= 0.3 is 18.3 Å². The van der Waals surface area contributed by atoms with Crippen LogP contribution in [-0.4, -0.2) is 24.9 Å². The summed E-state index contributed by atoms with van der Waals surface area (Å²) >= 11 is 0. The first-order valence-electron chi connectivity index (χ1n) is 7.72. The highest BCUT2D eigenvalue weighted by molar-refractivity contribution is 5.42. The summed E-state index contributed by atoms with van der Waals surface area (Å²) in [5, 5.41) is 0. The van der Waals surface area contributed by atoms with E-state index in [4.69, 9.17) is 0 Å². The van der Waals surface area contributed by atoms with Crippen LogP contribution in [0.15, 0.2) is 18.2 Å². The van der Waals surface area contributed by atoms with E-state index < -0.39 is 48.4 Å². The summed E-state index contributed by atoms with van der Waals surface area (Å²) in [6.45, 7) is 4.58. The fraction of sp³-hybridized carbons (Fsp3) is 0.647. The van der Waals surface area contributed by atoms with E-state index in [1.807, 2.05) is 0 Å². The van der Waals surface area contributed by atoms with Gasteiger partial charge in [0.05, 0.1) is 6.42 Å². The second-order valence-electron chi connectivity index (χ2n) is 7.21. The van der Waals surface area contributed by atoms with E-state index in [-0.39, 0.29) is 5.56 Å². The number of hydrogen-bond donors (Lipinski definition) is 0. The van der Waals surface area contributed by atoms with Crippen LogP contribution in [0.2, 0.25) is 0 Å². The lowest BCUT2D eigenvalue weighted by Gasteiger charge is -2.25. The van der Waals surface area contributed by atoms with E-state index in [1.165, 1.54) is 19.1 Å². The molecule has 0 saturated carbocycles. The molecule has 1 nitrogen and oxygen atoms in total. The Hall–Kier alpha value is -1.54. The van der Waals surface area contributed by atoms with Gasteiger partial charge in [0.1, 0.15) is 5.75 Å². The molecule has 9 heteroatoms. The van der Waals surface area contributed by atoms with Crippen molar-refractivity contribution in [2.45, 2.75) is 63.7 Å². The van der Waals surface area contributed by atoms with Gasteiger partial charge in [-0.15, -0.1) is 0 Å². The van der Waals surface area contributed by atoms with Gasteiger partial charge in [-0.25, -0.2) is 0 Å². The molecule has 1 atom stereocenters. The third kappa shape index (κ3) is 6.02. The van der Waals surface area contributed by atoms with Crippen molar-refractivity contribution in [3.05, 3.63) is 29.3 Å². The van der Waals surface area contributed by atoms with E-state index in [9.17, 15) is 35.1 Å². The molecule has 26 heavy (non-hydrogen) atoms. The number of alkyl halides is 8. The number of halogens is 8. The van der Waals surface area contributed by atoms with Crippen molar-refractivity contribution in [1.29, 1.82) is 0 Å². The third-order valence-electron chi connectivity index (χ3n) is 3.77. The van der Waals surface area contributed by atoms with Crippen LogP contribution in [-0.2, 0) is 5.41 Å². The van der Waals surface area contributed by atoms with Gasteiger partial charge in [0.15, 0.2) is 6.61 Å². The van der Waals surface area contributed by atoms with Crippen LogP contribution in [0, 0.1) is 0 Å². The minimum absolute atomic E-state index is 0.0623. The number of rotatable bonds is 5. The van der Waals surface area contributed by atoms with E-state index in [0.29, 0.717) is 5.56 Å². The van der Waals surface area contributed by atoms with E-state index in [2.05, 4.69) is 4.74 Å². The van der Waals surface area contributed by atoms with E-state index >= 15 is 0 Å². The Bertz CT molecular complexity index is 611. The summed E-state index contributed by atoms with van der Waals surface area (Å²) in [5.41, 5.74) is 0.0883. The molecule has 0 spiro atoms. The van der Waals surface area contributed by atoms with Crippen LogP contribution in [0.4, 0.5) is 35.1 Å². The Morgan fingerprint density at radius 3 is 1.88 bits per heavy atom. The minimum Gasteiger partial charge on any atom is -0.487 e. The fourth-order valence-corrected chi connectivity index (χ4v) is 2.24. The first-order valence-corrected chi connectivity index (χ1v) is 7.72. The second-order valence-corrected chi connectivity index (χ2v) is 7.21. The highest BCUT2D eigenvalue weighted by atomic mass is 19.4. The molecule has 0 aliphatic heterocycles. The predicted octanol–water partition coefficient (Wildman–Crippen LogP) is 6.62. The molecule has 0 radical (unpaired) electrons. The Kier molecular flexibility index (Phi) is 6.26. The topological polar surface area (TPSA) is 9.23 Å². The monoisotopic (exact) mass is 392 g/mol. The molecular weight excluding hydrogens is 372 g/mol. The zero-order valence-corrected chi connectivity index (χ0v) is 14.7. The Morgan fingerprint density at radius 1 is 0.923 bits per heavy atom. The smallest absolute Gasteiger partial charge is 0.456 e. The third-order valence-corrected chi connectivity index (χ3v) is 3.77. The van der Waals surface area contributed by atoms with Crippen LogP contribution < -0.4 is 4.74 Å². The highest BCUT2D eigenvalue weighted by Crippen LogP contribution is 2.40. The highest BCUT2D eigenvalue weighted by Gasteiger charge is 2.58. The van der Waals surface area contributed by atoms with Crippen molar-refractivity contribution in [1.82, 2.24) is 0 Å². The molecule has 0 N–H and O–H groups in total. The maximum absolute atomic E-state index is 13.1. The second kappa shape index (κ2) is 7.23. The van der Waals surface area contributed by atoms with Crippen molar-refractivity contribution >= 4 is 0 Å². The molecule has 0 heterocycles. The van der Waals surface area contributed by atoms with Crippen LogP contribution in [0.5, 0.6) is 5.75 Å². The summed E-state index contributed by atoms with van der Waals surface area (Å²) < 4.78 is 106. The number of ether oxygens (including phenoxy) is 1. The van der Waals surface area contributed by atoms with Crippen LogP contribution >= 0.6 is 0 Å². The number of benzene rings is 1. The van der Waals surface area contributed by atoms with Crippen molar-refractivity contribution in [3.8, 4) is 5.75 Å². The largest absolute Gasteiger partial charge is 0.487 e. The maximum Gasteiger partial charge on any atom is 0.456 e. The SMILES string of the molecule is CC(CC(F)(F)F)c1cc(C(C)(C)C)ccc1OCC(F)(F)C(F)(F)F. The molecule has 1 rings (SSSR count). The van der Waals surface area contributed by atoms with Gasteiger partial charge in [-0.3, -0.25) is 0 Å². The lowest BCUT2D eigenvalue weighted by atomic mass is 9.84. The average molecular weight is 392 g/mol. The van der Waals surface area contributed by atoms with E-state index in [1.54, 1.807) is 20.8 Å². The molecule has 0 saturated heterocycles. The first kappa shape index (κ1) is 22.5. The van der Waals surface area contributed by atoms with Crippen molar-refractivity contribution < 1.29 is 39.9 Å². The van der Waals surface area contributed by atoms with Gasteiger partial charge in [-0.05, 0) is 28.5 Å². The van der Waals surface area contributed by atoms with Gasteiger partial charge in [0.25, 0.3) is 0 Å². The van der Waals surface area contributed by atoms with E-state index in [0.717, 1.165) is 6.07 Å². The number of hydrogen-bond acceptors (Lipinski definition) is 1. The maximum atomic E-state index is 13.1. The summed E-state index contributed by atoms with van der Waals surface area (Å²) in [5.74, 6) is -6.70. The molecule has 0 fully saturated rings. The molecule has 150 valence electrons. The molecule has 0 bridgehead atoms. The molecule has 0 aliphatic rings. The standard InChI is InChI=1S/C17H20F8O/c1-10(8-16(20,21)22)12-7-11(14(2,3)4)5-6-13(12)26-9-15(18,19)17(23,24)25/h5-7,10H,8-9H2,1-4H3. The molecule has 0 amide bonds. The molecule has 0 aliphatic carbocycles. The molecule has 0 aromatic heterocycles. The van der Waals surface area contributed by atoms with Gasteiger partial charge in [0.2, 0.25) is 0 Å². The fourth-order valence-electron chi connectivity index (χ4n) is 2.24. The summed E-state index contributed by atoms with van der Waals surface area (Å²) in [6, 6.07) is 3.93. The predicted molar refractivity (Wildman–Crippen MR) is 80.7 cm³/mol. The van der Waals surface area contributed by atoms with Gasteiger partial charge in [-0.2, -0.15) is 35.1 Å². The lowest BCUT2D eigenvalue weighted by Crippen LogP contribution is -2.41. The van der Waals surface area contributed by atoms with Crippen molar-refractivity contribution in [3.63, 3.8) is 0 Å². The lowest BCUT2D eigenvalue weighted by molar-refractivity contribution is -0.290. The Balaban J connectivity index is 3.22. The summed E-state index contributed by atoms with van der Waals surface area (Å²) in [4.78, 5) is 0. The normalized spacial score (nSPS) is 15.1. The van der Waals surface area contributed by atoms with Gasteiger partial charge in [0, 0.05) is 0 Å². The average Bonchev–Trinajstić information content (AvgIpc) is 2.40. The zero-order chi connectivity index (χ0) is 20.6. The summed E-state index contributed by atoms with van der Waals surface area (Å²) in [6.07, 6.45) is -11.6. The van der Waals surface area contributed by atoms with Gasteiger partial charge < -0.3 is 4.74 Å². The molecule has 1 aromatic rings. The van der Waals surface area contributed by atoms with Crippen LogP contribution in [0.3, 0.4) is 0 Å². The molecular formula is C17H20F8O. The Morgan fingerprint density at radius 2 is 1.46 bits per heavy atom. The van der Waals surface area contributed by atoms with Crippen LogP contribution in [0.1, 0.15) is 51.2 Å². The summed E-state index contributed by atoms with van der Waals surface area (Å²) in [7, 11) is 0. The zero-order valence-electron chi connectivity index (χ0n) is 14.7.